The zero-order valence-corrected chi connectivity index (χ0v) is 9.69. The molecule has 0 spiro atoms. The van der Waals surface area contributed by atoms with E-state index in [1.165, 1.54) is 0 Å². The molecule has 0 aromatic heterocycles. The van der Waals surface area contributed by atoms with Crippen LogP contribution in [0.4, 0.5) is 0 Å². The monoisotopic (exact) mass is 256 g/mol. The maximum atomic E-state index is 5.79. The first kappa shape index (κ1) is 10.6. The van der Waals surface area contributed by atoms with Crippen LogP contribution in [0.3, 0.4) is 0 Å². The maximum absolute atomic E-state index is 5.79. The highest BCUT2D eigenvalue weighted by molar-refractivity contribution is 9.12. The molecule has 0 N–H and O–H groups in total. The molecule has 0 unspecified atom stereocenters. The van der Waals surface area contributed by atoms with Crippen LogP contribution in [0, 0.1) is 0 Å². The van der Waals surface area contributed by atoms with Crippen LogP contribution in [-0.4, -0.2) is 0 Å². The second-order valence-electron chi connectivity index (χ2n) is 2.61. The van der Waals surface area contributed by atoms with Gasteiger partial charge in [-0.1, -0.05) is 52.3 Å². The highest BCUT2D eigenvalue weighted by Crippen LogP contribution is 2.26. The average Bonchev–Trinajstić information content (AvgIpc) is 2.09. The minimum Gasteiger partial charge on any atom is -0.0843 e. The van der Waals surface area contributed by atoms with Crippen molar-refractivity contribution in [1.29, 1.82) is 0 Å². The van der Waals surface area contributed by atoms with E-state index in [-0.39, 0.29) is 0 Å². The third-order valence-corrected chi connectivity index (χ3v) is 2.42. The van der Waals surface area contributed by atoms with Crippen molar-refractivity contribution >= 4 is 33.1 Å². The first-order valence-corrected chi connectivity index (χ1v) is 5.09. The van der Waals surface area contributed by atoms with Crippen LogP contribution in [0.2, 0.25) is 5.02 Å². The van der Waals surface area contributed by atoms with Crippen LogP contribution in [0.1, 0.15) is 12.5 Å². The van der Waals surface area contributed by atoms with Gasteiger partial charge in [-0.2, -0.15) is 0 Å². The fraction of sp³-hybridized carbons (Fsp3) is 0.0909. The van der Waals surface area contributed by atoms with Crippen LogP contribution < -0.4 is 0 Å². The van der Waals surface area contributed by atoms with Gasteiger partial charge >= 0.3 is 0 Å². The van der Waals surface area contributed by atoms with E-state index in [0.717, 1.165) is 20.6 Å². The zero-order chi connectivity index (χ0) is 9.84. The van der Waals surface area contributed by atoms with Crippen molar-refractivity contribution in [3.8, 4) is 0 Å². The zero-order valence-electron chi connectivity index (χ0n) is 7.35. The molecule has 13 heavy (non-hydrogen) atoms. The highest BCUT2D eigenvalue weighted by atomic mass is 79.9. The van der Waals surface area contributed by atoms with Gasteiger partial charge in [-0.05, 0) is 30.2 Å². The molecule has 1 aromatic rings. The summed E-state index contributed by atoms with van der Waals surface area (Å²) in [7, 11) is 0. The molecule has 0 heterocycles. The number of benzene rings is 1. The van der Waals surface area contributed by atoms with Crippen molar-refractivity contribution in [1.82, 2.24) is 0 Å². The lowest BCUT2D eigenvalue weighted by Crippen LogP contribution is -1.82. The Bertz CT molecular complexity index is 336. The first-order valence-electron chi connectivity index (χ1n) is 3.92. The summed E-state index contributed by atoms with van der Waals surface area (Å²) in [6.07, 6.45) is 2.01. The number of hydrogen-bond donors (Lipinski definition) is 0. The minimum atomic E-state index is 0.749. The maximum Gasteiger partial charge on any atom is 0.0406 e. The normalized spacial score (nSPS) is 11.5. The molecular weight excluding hydrogens is 247 g/mol. The summed E-state index contributed by atoms with van der Waals surface area (Å²) < 4.78 is 0.886. The van der Waals surface area contributed by atoms with Crippen LogP contribution >= 0.6 is 27.5 Å². The van der Waals surface area contributed by atoms with E-state index in [2.05, 4.69) is 22.5 Å². The Morgan fingerprint density at radius 1 is 1.38 bits per heavy atom. The Morgan fingerprint density at radius 2 is 1.92 bits per heavy atom. The molecule has 0 saturated carbocycles. The van der Waals surface area contributed by atoms with Crippen molar-refractivity contribution in [3.05, 3.63) is 52.0 Å². The third kappa shape index (κ3) is 2.71. The third-order valence-electron chi connectivity index (χ3n) is 1.74. The Balaban J connectivity index is 3.07. The lowest BCUT2D eigenvalue weighted by Gasteiger charge is -2.04. The molecule has 0 radical (unpaired) electrons. The molecule has 0 amide bonds. The quantitative estimate of drug-likeness (QED) is 0.677. The second kappa shape index (κ2) is 4.64. The first-order chi connectivity index (χ1) is 6.15. The highest BCUT2D eigenvalue weighted by Gasteiger charge is 2.01. The summed E-state index contributed by atoms with van der Waals surface area (Å²) in [5, 5.41) is 0.749. The summed E-state index contributed by atoms with van der Waals surface area (Å²) in [6.45, 7) is 5.82. The number of rotatable bonds is 2. The van der Waals surface area contributed by atoms with E-state index >= 15 is 0 Å². The SMILES string of the molecule is C=C(Br)C(=CC)c1ccc(Cl)cc1. The molecule has 0 aliphatic rings. The predicted molar refractivity (Wildman–Crippen MR) is 63.2 cm³/mol. The van der Waals surface area contributed by atoms with Crippen LogP contribution in [0.15, 0.2) is 41.4 Å². The van der Waals surface area contributed by atoms with E-state index in [0.29, 0.717) is 0 Å². The summed E-state index contributed by atoms with van der Waals surface area (Å²) in [5.41, 5.74) is 2.21. The Labute approximate surface area is 92.0 Å². The molecule has 0 atom stereocenters. The van der Waals surface area contributed by atoms with Crippen molar-refractivity contribution in [3.63, 3.8) is 0 Å². The number of allylic oxidation sites excluding steroid dienone is 3. The smallest absolute Gasteiger partial charge is 0.0406 e. The lowest BCUT2D eigenvalue weighted by molar-refractivity contribution is 1.59. The van der Waals surface area contributed by atoms with E-state index in [9.17, 15) is 0 Å². The standard InChI is InChI=1S/C11H10BrCl/c1-3-11(8(2)12)9-4-6-10(13)7-5-9/h3-7H,2H2,1H3. The predicted octanol–water partition coefficient (Wildman–Crippen LogP) is 4.65. The van der Waals surface area contributed by atoms with Crippen molar-refractivity contribution in [2.24, 2.45) is 0 Å². The van der Waals surface area contributed by atoms with Crippen LogP contribution in [-0.2, 0) is 0 Å². The molecule has 68 valence electrons. The van der Waals surface area contributed by atoms with Crippen molar-refractivity contribution in [2.75, 3.05) is 0 Å². The van der Waals surface area contributed by atoms with E-state index in [4.69, 9.17) is 11.6 Å². The van der Waals surface area contributed by atoms with Crippen molar-refractivity contribution < 1.29 is 0 Å². The molecule has 0 aliphatic heterocycles. The molecule has 0 saturated heterocycles. The summed E-state index contributed by atoms with van der Waals surface area (Å²) in [5.74, 6) is 0. The summed E-state index contributed by atoms with van der Waals surface area (Å²) in [4.78, 5) is 0. The molecule has 0 aliphatic carbocycles. The summed E-state index contributed by atoms with van der Waals surface area (Å²) >= 11 is 9.15. The van der Waals surface area contributed by atoms with E-state index < -0.39 is 0 Å². The van der Waals surface area contributed by atoms with Gasteiger partial charge in [0.05, 0.1) is 0 Å². The molecule has 0 bridgehead atoms. The van der Waals surface area contributed by atoms with Gasteiger partial charge in [0.15, 0.2) is 0 Å². The molecule has 1 aromatic carbocycles. The van der Waals surface area contributed by atoms with Gasteiger partial charge in [0.2, 0.25) is 0 Å². The van der Waals surface area contributed by atoms with Gasteiger partial charge in [0, 0.05) is 9.51 Å². The molecule has 0 fully saturated rings. The van der Waals surface area contributed by atoms with E-state index in [1.54, 1.807) is 0 Å². The Hall–Kier alpha value is -0.530. The number of hydrogen-bond acceptors (Lipinski definition) is 0. The van der Waals surface area contributed by atoms with Crippen LogP contribution in [0.5, 0.6) is 0 Å². The molecule has 1 rings (SSSR count). The topological polar surface area (TPSA) is 0 Å². The molecular formula is C11H10BrCl. The van der Waals surface area contributed by atoms with E-state index in [1.807, 2.05) is 37.3 Å². The van der Waals surface area contributed by atoms with Gasteiger partial charge in [0.1, 0.15) is 0 Å². The summed E-state index contributed by atoms with van der Waals surface area (Å²) in [6, 6.07) is 7.70. The minimum absolute atomic E-state index is 0.749. The number of halogens is 2. The van der Waals surface area contributed by atoms with Crippen LogP contribution in [0.25, 0.3) is 5.57 Å². The van der Waals surface area contributed by atoms with Gasteiger partial charge in [0.25, 0.3) is 0 Å². The molecule has 2 heteroatoms. The fourth-order valence-corrected chi connectivity index (χ4v) is 1.69. The van der Waals surface area contributed by atoms with Gasteiger partial charge in [-0.15, -0.1) is 0 Å². The van der Waals surface area contributed by atoms with Gasteiger partial charge in [-0.3, -0.25) is 0 Å². The molecule has 0 nitrogen and oxygen atoms in total. The average molecular weight is 258 g/mol. The van der Waals surface area contributed by atoms with Gasteiger partial charge in [-0.25, -0.2) is 0 Å². The van der Waals surface area contributed by atoms with Crippen molar-refractivity contribution in [2.45, 2.75) is 6.92 Å². The Morgan fingerprint density at radius 3 is 2.31 bits per heavy atom. The second-order valence-corrected chi connectivity index (χ2v) is 4.01. The van der Waals surface area contributed by atoms with Gasteiger partial charge < -0.3 is 0 Å². The lowest BCUT2D eigenvalue weighted by atomic mass is 10.1. The fourth-order valence-electron chi connectivity index (χ4n) is 1.11. The Kier molecular flexibility index (Phi) is 3.76. The largest absolute Gasteiger partial charge is 0.0843 e.